The van der Waals surface area contributed by atoms with Gasteiger partial charge in [0.15, 0.2) is 0 Å². The summed E-state index contributed by atoms with van der Waals surface area (Å²) in [5.41, 5.74) is 0. The molecule has 1 heterocycles. The van der Waals surface area contributed by atoms with Crippen LogP contribution in [0.4, 0.5) is 4.39 Å². The maximum absolute atomic E-state index is 13.3. The lowest BCUT2D eigenvalue weighted by Gasteiger charge is -2.01. The molecule has 76 valence electrons. The van der Waals surface area contributed by atoms with Crippen LogP contribution in [0, 0.1) is 5.82 Å². The van der Waals surface area contributed by atoms with Crippen molar-refractivity contribution in [2.24, 2.45) is 0 Å². The molecule has 0 spiro atoms. The molecule has 0 amide bonds. The zero-order valence-electron chi connectivity index (χ0n) is 7.52. The van der Waals surface area contributed by atoms with Crippen LogP contribution in [-0.2, 0) is 0 Å². The number of benzene rings is 1. The minimum Gasteiger partial charge on any atom is -0.230 e. The van der Waals surface area contributed by atoms with E-state index in [4.69, 9.17) is 0 Å². The molecular weight excluding hydrogens is 279 g/mol. The van der Waals surface area contributed by atoms with Crippen LogP contribution in [0.15, 0.2) is 51.2 Å². The minimum atomic E-state index is -0.239. The lowest BCUT2D eigenvalue weighted by atomic mass is 10.3. The highest BCUT2D eigenvalue weighted by atomic mass is 79.9. The van der Waals surface area contributed by atoms with Gasteiger partial charge in [0.1, 0.15) is 21.8 Å². The van der Waals surface area contributed by atoms with E-state index >= 15 is 0 Å². The summed E-state index contributed by atoms with van der Waals surface area (Å²) < 4.78 is 14.0. The van der Waals surface area contributed by atoms with Crippen molar-refractivity contribution in [1.82, 2.24) is 9.97 Å². The number of aromatic nitrogens is 2. The van der Waals surface area contributed by atoms with E-state index in [0.717, 1.165) is 0 Å². The maximum Gasteiger partial charge on any atom is 0.137 e. The van der Waals surface area contributed by atoms with Crippen molar-refractivity contribution in [1.29, 1.82) is 0 Å². The lowest BCUT2D eigenvalue weighted by Crippen LogP contribution is -1.84. The molecule has 2 nitrogen and oxygen atoms in total. The van der Waals surface area contributed by atoms with E-state index in [0.29, 0.717) is 14.5 Å². The summed E-state index contributed by atoms with van der Waals surface area (Å²) in [6.07, 6.45) is 1.44. The Morgan fingerprint density at radius 2 is 2.00 bits per heavy atom. The molecule has 0 saturated heterocycles. The van der Waals surface area contributed by atoms with Crippen LogP contribution in [0.25, 0.3) is 0 Å². The second kappa shape index (κ2) is 4.72. The molecule has 15 heavy (non-hydrogen) atoms. The lowest BCUT2D eigenvalue weighted by molar-refractivity contribution is 0.602. The second-order valence-electron chi connectivity index (χ2n) is 2.71. The molecule has 0 N–H and O–H groups in total. The summed E-state index contributed by atoms with van der Waals surface area (Å²) in [5, 5.41) is 0.710. The van der Waals surface area contributed by atoms with Gasteiger partial charge < -0.3 is 0 Å². The van der Waals surface area contributed by atoms with E-state index in [1.807, 2.05) is 0 Å². The van der Waals surface area contributed by atoms with Crippen LogP contribution < -0.4 is 0 Å². The Bertz CT molecular complexity index is 478. The first-order valence-electron chi connectivity index (χ1n) is 4.15. The molecule has 0 fully saturated rings. The molecule has 0 saturated carbocycles. The van der Waals surface area contributed by atoms with Crippen LogP contribution >= 0.6 is 27.7 Å². The van der Waals surface area contributed by atoms with Gasteiger partial charge in [-0.25, -0.2) is 14.4 Å². The topological polar surface area (TPSA) is 25.8 Å². The van der Waals surface area contributed by atoms with Gasteiger partial charge >= 0.3 is 0 Å². The number of rotatable bonds is 2. The molecule has 0 aliphatic rings. The zero-order chi connectivity index (χ0) is 10.7. The standard InChI is InChI=1S/C10H6BrFN2S/c11-9-5-10(14-6-13-9)15-8-4-2-1-3-7(8)12/h1-6H. The van der Waals surface area contributed by atoms with Crippen molar-refractivity contribution >= 4 is 27.7 Å². The van der Waals surface area contributed by atoms with E-state index < -0.39 is 0 Å². The summed E-state index contributed by atoms with van der Waals surface area (Å²) >= 11 is 4.51. The zero-order valence-corrected chi connectivity index (χ0v) is 9.93. The predicted octanol–water partition coefficient (Wildman–Crippen LogP) is 3.53. The van der Waals surface area contributed by atoms with Crippen molar-refractivity contribution in [3.05, 3.63) is 47.1 Å². The van der Waals surface area contributed by atoms with Crippen LogP contribution in [-0.4, -0.2) is 9.97 Å². The molecular formula is C10H6BrFN2S. The smallest absolute Gasteiger partial charge is 0.137 e. The molecule has 2 rings (SSSR count). The first-order valence-corrected chi connectivity index (χ1v) is 5.76. The van der Waals surface area contributed by atoms with E-state index in [2.05, 4.69) is 25.9 Å². The average molecular weight is 285 g/mol. The highest BCUT2D eigenvalue weighted by Crippen LogP contribution is 2.28. The Morgan fingerprint density at radius 3 is 2.73 bits per heavy atom. The van der Waals surface area contributed by atoms with Gasteiger partial charge in [0.05, 0.1) is 0 Å². The largest absolute Gasteiger partial charge is 0.230 e. The fourth-order valence-corrected chi connectivity index (χ4v) is 2.28. The van der Waals surface area contributed by atoms with Crippen LogP contribution in [0.2, 0.25) is 0 Å². The Morgan fingerprint density at radius 1 is 1.20 bits per heavy atom. The SMILES string of the molecule is Fc1ccccc1Sc1cc(Br)ncn1. The number of nitrogens with zero attached hydrogens (tertiary/aromatic N) is 2. The van der Waals surface area contributed by atoms with E-state index in [1.165, 1.54) is 24.2 Å². The first-order chi connectivity index (χ1) is 7.25. The fourth-order valence-electron chi connectivity index (χ4n) is 1.01. The normalized spacial score (nSPS) is 10.3. The highest BCUT2D eigenvalue weighted by Gasteiger charge is 2.04. The van der Waals surface area contributed by atoms with E-state index in [1.54, 1.807) is 24.3 Å². The van der Waals surface area contributed by atoms with Crippen molar-refractivity contribution < 1.29 is 4.39 Å². The van der Waals surface area contributed by atoms with Gasteiger partial charge in [-0.2, -0.15) is 0 Å². The highest BCUT2D eigenvalue weighted by molar-refractivity contribution is 9.10. The Balaban J connectivity index is 2.26. The molecule has 1 aromatic heterocycles. The number of halogens is 2. The van der Waals surface area contributed by atoms with Gasteiger partial charge in [0.25, 0.3) is 0 Å². The Labute approximate surface area is 99.1 Å². The van der Waals surface area contributed by atoms with Crippen molar-refractivity contribution in [2.75, 3.05) is 0 Å². The molecule has 0 radical (unpaired) electrons. The van der Waals surface area contributed by atoms with Crippen LogP contribution in [0.5, 0.6) is 0 Å². The third-order valence-electron chi connectivity index (χ3n) is 1.66. The number of hydrogen-bond donors (Lipinski definition) is 0. The molecule has 0 aliphatic carbocycles. The third kappa shape index (κ3) is 2.76. The monoisotopic (exact) mass is 284 g/mol. The van der Waals surface area contributed by atoms with Gasteiger partial charge in [-0.3, -0.25) is 0 Å². The Hall–Kier alpha value is -0.940. The number of hydrogen-bond acceptors (Lipinski definition) is 3. The quantitative estimate of drug-likeness (QED) is 0.789. The summed E-state index contributed by atoms with van der Waals surface area (Å²) in [7, 11) is 0. The van der Waals surface area contributed by atoms with Crippen molar-refractivity contribution in [3.63, 3.8) is 0 Å². The van der Waals surface area contributed by atoms with Gasteiger partial charge in [-0.05, 0) is 28.1 Å². The van der Waals surface area contributed by atoms with Gasteiger partial charge in [0, 0.05) is 11.0 Å². The van der Waals surface area contributed by atoms with Gasteiger partial charge in [-0.1, -0.05) is 23.9 Å². The fraction of sp³-hybridized carbons (Fsp3) is 0. The summed E-state index contributed by atoms with van der Waals surface area (Å²) in [4.78, 5) is 8.49. The minimum absolute atomic E-state index is 0.239. The molecule has 2 aromatic rings. The first kappa shape index (κ1) is 10.6. The predicted molar refractivity (Wildman–Crippen MR) is 60.3 cm³/mol. The van der Waals surface area contributed by atoms with Gasteiger partial charge in [0.2, 0.25) is 0 Å². The van der Waals surface area contributed by atoms with Crippen LogP contribution in [0.3, 0.4) is 0 Å². The van der Waals surface area contributed by atoms with Crippen LogP contribution in [0.1, 0.15) is 0 Å². The summed E-state index contributed by atoms with van der Waals surface area (Å²) in [6.45, 7) is 0. The van der Waals surface area contributed by atoms with Crippen molar-refractivity contribution in [3.8, 4) is 0 Å². The Kier molecular flexibility index (Phi) is 3.33. The second-order valence-corrected chi connectivity index (χ2v) is 4.59. The molecule has 0 unspecified atom stereocenters. The summed E-state index contributed by atoms with van der Waals surface area (Å²) in [6, 6.07) is 8.35. The average Bonchev–Trinajstić information content (AvgIpc) is 2.22. The van der Waals surface area contributed by atoms with E-state index in [9.17, 15) is 4.39 Å². The third-order valence-corrected chi connectivity index (χ3v) is 3.08. The van der Waals surface area contributed by atoms with Gasteiger partial charge in [-0.15, -0.1) is 0 Å². The molecule has 1 aromatic carbocycles. The van der Waals surface area contributed by atoms with Crippen molar-refractivity contribution in [2.45, 2.75) is 9.92 Å². The maximum atomic E-state index is 13.3. The molecule has 0 aliphatic heterocycles. The summed E-state index contributed by atoms with van der Waals surface area (Å²) in [5.74, 6) is -0.239. The molecule has 5 heteroatoms. The molecule has 0 bridgehead atoms. The molecule has 0 atom stereocenters. The van der Waals surface area contributed by atoms with E-state index in [-0.39, 0.29) is 5.82 Å².